The lowest BCUT2D eigenvalue weighted by molar-refractivity contribution is -0.153. The van der Waals surface area contributed by atoms with Crippen LogP contribution in [0.5, 0.6) is 0 Å². The zero-order valence-corrected chi connectivity index (χ0v) is 27.5. The number of hydrogen-bond acceptors (Lipinski definition) is 7. The summed E-state index contributed by atoms with van der Waals surface area (Å²) in [5.74, 6) is -1.48. The summed E-state index contributed by atoms with van der Waals surface area (Å²) in [6.07, 6.45) is 5.23. The molecule has 1 aliphatic rings. The molecule has 12 heteroatoms. The van der Waals surface area contributed by atoms with Gasteiger partial charge < -0.3 is 14.8 Å². The quantitative estimate of drug-likeness (QED) is 0.233. The maximum atomic E-state index is 13.1. The molecule has 1 aliphatic heterocycles. The van der Waals surface area contributed by atoms with E-state index in [0.29, 0.717) is 26.0 Å². The minimum atomic E-state index is -1.73. The largest absolute Gasteiger partial charge is 0.460 e. The third kappa shape index (κ3) is 10.9. The van der Waals surface area contributed by atoms with Crippen molar-refractivity contribution in [3.05, 3.63) is 47.7 Å². The summed E-state index contributed by atoms with van der Waals surface area (Å²) in [6, 6.07) is 8.68. The Kier molecular flexibility index (Phi) is 13.1. The van der Waals surface area contributed by atoms with Crippen LogP contribution in [0.2, 0.25) is 0 Å². The second-order valence-corrected chi connectivity index (χ2v) is 13.7. The lowest BCUT2D eigenvalue weighted by Gasteiger charge is -2.34. The molecule has 4 atom stereocenters. The number of benzene rings is 1. The second kappa shape index (κ2) is 16.0. The number of hydrogen-bond donors (Lipinski definition) is 2. The first-order valence-corrected chi connectivity index (χ1v) is 15.7. The zero-order chi connectivity index (χ0) is 31.7. The van der Waals surface area contributed by atoms with Crippen molar-refractivity contribution in [2.24, 2.45) is 11.8 Å². The van der Waals surface area contributed by atoms with Gasteiger partial charge >= 0.3 is 5.97 Å². The van der Waals surface area contributed by atoms with Gasteiger partial charge in [-0.1, -0.05) is 92.8 Å². The van der Waals surface area contributed by atoms with Crippen LogP contribution in [0.4, 0.5) is 0 Å². The molecule has 0 bridgehead atoms. The Morgan fingerprint density at radius 2 is 1.88 bits per heavy atom. The normalized spacial score (nSPS) is 18.1. The minimum absolute atomic E-state index is 0.0366. The molecule has 1 fully saturated rings. The standard InChI is InChI=1S/C31H41Cl3N4O5/c1-6-24-14-13-23-12-11-22(16-26(23)36-24)10-9-20(4)17-42-27(19(2)3)28(39)35-21(5)29(40)38-15-7-8-25(37-38)30(41)43-18-31(32,33)34/h9-14,16,19-21,25,27,37H,6-8,15,17-18H2,1-5H3,(H,35,39)/b10-9+. The molecule has 4 unspecified atom stereocenters. The van der Waals surface area contributed by atoms with Gasteiger partial charge in [0, 0.05) is 17.6 Å². The van der Waals surface area contributed by atoms with Gasteiger partial charge in [0.25, 0.3) is 5.91 Å². The van der Waals surface area contributed by atoms with Crippen LogP contribution in [0, 0.1) is 11.8 Å². The van der Waals surface area contributed by atoms with Crippen LogP contribution < -0.4 is 10.7 Å². The molecule has 236 valence electrons. The van der Waals surface area contributed by atoms with Gasteiger partial charge in [-0.05, 0) is 55.7 Å². The first-order chi connectivity index (χ1) is 20.3. The summed E-state index contributed by atoms with van der Waals surface area (Å²) < 4.78 is 9.35. The van der Waals surface area contributed by atoms with Gasteiger partial charge in [-0.3, -0.25) is 24.4 Å². The molecule has 1 aromatic carbocycles. The molecule has 43 heavy (non-hydrogen) atoms. The number of aromatic nitrogens is 1. The summed E-state index contributed by atoms with van der Waals surface area (Å²) in [5.41, 5.74) is 5.92. The van der Waals surface area contributed by atoms with Crippen LogP contribution in [0.3, 0.4) is 0 Å². The number of rotatable bonds is 12. The topological polar surface area (TPSA) is 110 Å². The average Bonchev–Trinajstić information content (AvgIpc) is 2.97. The lowest BCUT2D eigenvalue weighted by Crippen LogP contribution is -2.60. The minimum Gasteiger partial charge on any atom is -0.460 e. The summed E-state index contributed by atoms with van der Waals surface area (Å²) in [6.45, 7) is 9.78. The molecular weight excluding hydrogens is 615 g/mol. The van der Waals surface area contributed by atoms with Crippen molar-refractivity contribution >= 4 is 69.6 Å². The molecule has 0 radical (unpaired) electrons. The summed E-state index contributed by atoms with van der Waals surface area (Å²) in [4.78, 5) is 43.3. The number of fused-ring (bicyclic) bond motifs is 1. The highest BCUT2D eigenvalue weighted by molar-refractivity contribution is 6.67. The smallest absolute Gasteiger partial charge is 0.325 e. The van der Waals surface area contributed by atoms with Crippen molar-refractivity contribution in [1.29, 1.82) is 0 Å². The van der Waals surface area contributed by atoms with E-state index in [4.69, 9.17) is 49.3 Å². The molecular formula is C31H41Cl3N4O5. The predicted molar refractivity (Wildman–Crippen MR) is 171 cm³/mol. The van der Waals surface area contributed by atoms with E-state index in [1.807, 2.05) is 39.0 Å². The maximum absolute atomic E-state index is 13.1. The van der Waals surface area contributed by atoms with Crippen molar-refractivity contribution in [3.8, 4) is 0 Å². The highest BCUT2D eigenvalue weighted by Crippen LogP contribution is 2.26. The molecule has 2 heterocycles. The Hall–Kier alpha value is -2.43. The van der Waals surface area contributed by atoms with E-state index in [-0.39, 0.29) is 23.7 Å². The van der Waals surface area contributed by atoms with E-state index in [9.17, 15) is 14.4 Å². The van der Waals surface area contributed by atoms with Crippen molar-refractivity contribution in [2.45, 2.75) is 75.9 Å². The van der Waals surface area contributed by atoms with Crippen molar-refractivity contribution in [1.82, 2.24) is 20.7 Å². The molecule has 0 spiro atoms. The Bertz CT molecular complexity index is 1300. The van der Waals surface area contributed by atoms with Gasteiger partial charge in [0.05, 0.1) is 12.1 Å². The number of hydrazine groups is 1. The molecule has 2 N–H and O–H groups in total. The number of pyridine rings is 1. The van der Waals surface area contributed by atoms with Crippen LogP contribution in [0.1, 0.15) is 58.7 Å². The number of carbonyl (C=O) groups is 3. The molecule has 1 saturated heterocycles. The lowest BCUT2D eigenvalue weighted by atomic mass is 10.0. The molecule has 9 nitrogen and oxygen atoms in total. The fraction of sp³-hybridized carbons (Fsp3) is 0.548. The first-order valence-electron chi connectivity index (χ1n) is 14.6. The number of esters is 1. The number of nitrogens with one attached hydrogen (secondary N) is 2. The van der Waals surface area contributed by atoms with Gasteiger partial charge in [0.1, 0.15) is 24.8 Å². The number of nitrogens with zero attached hydrogens (tertiary/aromatic N) is 2. The molecule has 0 aliphatic carbocycles. The molecule has 3 rings (SSSR count). The van der Waals surface area contributed by atoms with Crippen LogP contribution in [-0.4, -0.2) is 69.5 Å². The number of halogens is 3. The Labute approximate surface area is 268 Å². The van der Waals surface area contributed by atoms with E-state index in [1.54, 1.807) is 6.92 Å². The van der Waals surface area contributed by atoms with Crippen LogP contribution in [0.15, 0.2) is 36.4 Å². The fourth-order valence-corrected chi connectivity index (χ4v) is 4.76. The Morgan fingerprint density at radius 3 is 2.56 bits per heavy atom. The van der Waals surface area contributed by atoms with E-state index >= 15 is 0 Å². The van der Waals surface area contributed by atoms with Crippen LogP contribution in [-0.2, 0) is 30.3 Å². The van der Waals surface area contributed by atoms with Gasteiger partial charge in [0.2, 0.25) is 9.70 Å². The van der Waals surface area contributed by atoms with E-state index in [1.165, 1.54) is 5.01 Å². The molecule has 2 aromatic rings. The van der Waals surface area contributed by atoms with E-state index < -0.39 is 34.6 Å². The number of aryl methyl sites for hydroxylation is 1. The third-order valence-electron chi connectivity index (χ3n) is 7.00. The zero-order valence-electron chi connectivity index (χ0n) is 25.2. The Morgan fingerprint density at radius 1 is 1.16 bits per heavy atom. The fourth-order valence-electron chi connectivity index (χ4n) is 4.59. The van der Waals surface area contributed by atoms with E-state index in [2.05, 4.69) is 41.9 Å². The van der Waals surface area contributed by atoms with Gasteiger partial charge in [-0.2, -0.15) is 0 Å². The maximum Gasteiger partial charge on any atom is 0.325 e. The SMILES string of the molecule is CCc1ccc2ccc(/C=C/C(C)COC(C(=O)NC(C)C(=O)N3CCCC(C(=O)OCC(Cl)(Cl)Cl)N3)C(C)C)cc2n1. The van der Waals surface area contributed by atoms with Crippen molar-refractivity contribution in [3.63, 3.8) is 0 Å². The first kappa shape index (κ1) is 35.1. The average molecular weight is 656 g/mol. The van der Waals surface area contributed by atoms with Crippen molar-refractivity contribution < 1.29 is 23.9 Å². The van der Waals surface area contributed by atoms with Gasteiger partial charge in [-0.25, -0.2) is 5.43 Å². The monoisotopic (exact) mass is 654 g/mol. The van der Waals surface area contributed by atoms with Gasteiger partial charge in [-0.15, -0.1) is 0 Å². The van der Waals surface area contributed by atoms with Gasteiger partial charge in [0.15, 0.2) is 0 Å². The third-order valence-corrected chi connectivity index (χ3v) is 7.33. The summed E-state index contributed by atoms with van der Waals surface area (Å²) >= 11 is 17.0. The number of alkyl halides is 3. The molecule has 0 saturated carbocycles. The summed E-state index contributed by atoms with van der Waals surface area (Å²) in [5, 5.41) is 5.18. The van der Waals surface area contributed by atoms with E-state index in [0.717, 1.165) is 28.6 Å². The molecule has 1 aromatic heterocycles. The predicted octanol–water partition coefficient (Wildman–Crippen LogP) is 5.40. The second-order valence-electron chi connectivity index (χ2n) is 11.2. The highest BCUT2D eigenvalue weighted by atomic mass is 35.6. The number of ether oxygens (including phenoxy) is 2. The number of amides is 2. The molecule has 2 amide bonds. The Balaban J connectivity index is 1.52. The van der Waals surface area contributed by atoms with Crippen LogP contribution >= 0.6 is 34.8 Å². The highest BCUT2D eigenvalue weighted by Gasteiger charge is 2.34. The number of carbonyl (C=O) groups excluding carboxylic acids is 3. The van der Waals surface area contributed by atoms with Crippen LogP contribution in [0.25, 0.3) is 17.0 Å². The summed E-state index contributed by atoms with van der Waals surface area (Å²) in [7, 11) is 0. The van der Waals surface area contributed by atoms with Crippen molar-refractivity contribution in [2.75, 3.05) is 19.8 Å².